The minimum atomic E-state index is -0.523. The van der Waals surface area contributed by atoms with Gasteiger partial charge in [-0.15, -0.1) is 0 Å². The van der Waals surface area contributed by atoms with Crippen LogP contribution in [0.5, 0.6) is 11.5 Å². The van der Waals surface area contributed by atoms with Gasteiger partial charge in [-0.2, -0.15) is 0 Å². The van der Waals surface area contributed by atoms with Gasteiger partial charge in [0.1, 0.15) is 5.57 Å². The molecule has 1 heterocycles. The molecule has 0 bridgehead atoms. The molecule has 3 rings (SSSR count). The molecule has 2 amide bonds. The van der Waals surface area contributed by atoms with E-state index in [2.05, 4.69) is 19.3 Å². The van der Waals surface area contributed by atoms with Gasteiger partial charge in [0.05, 0.1) is 19.4 Å². The molecule has 2 aromatic rings. The third-order valence-corrected chi connectivity index (χ3v) is 4.50. The maximum Gasteiger partial charge on any atom is 0.282 e. The van der Waals surface area contributed by atoms with Crippen LogP contribution >= 0.6 is 23.2 Å². The second-order valence-electron chi connectivity index (χ2n) is 6.88. The third-order valence-electron chi connectivity index (χ3n) is 4.07. The van der Waals surface area contributed by atoms with Gasteiger partial charge in [-0.1, -0.05) is 43.1 Å². The lowest BCUT2D eigenvalue weighted by molar-refractivity contribution is -0.117. The van der Waals surface area contributed by atoms with E-state index < -0.39 is 11.8 Å². The summed E-state index contributed by atoms with van der Waals surface area (Å²) in [5.74, 6) is 0.454. The number of nitrogens with one attached hydrogen (secondary N) is 1. The van der Waals surface area contributed by atoms with Gasteiger partial charge in [-0.25, -0.2) is 5.01 Å². The molecule has 2 aromatic carbocycles. The van der Waals surface area contributed by atoms with Crippen LogP contribution in [-0.4, -0.2) is 25.5 Å². The number of ether oxygens (including phenoxy) is 2. The summed E-state index contributed by atoms with van der Waals surface area (Å²) in [5.41, 5.74) is 3.51. The molecule has 8 heteroatoms. The molecule has 6 nitrogen and oxygen atoms in total. The molecule has 0 aliphatic carbocycles. The fourth-order valence-corrected chi connectivity index (χ4v) is 3.24. The fraction of sp³-hybridized carbons (Fsp3) is 0.238. The van der Waals surface area contributed by atoms with Gasteiger partial charge in [0.2, 0.25) is 0 Å². The SMILES string of the molecule is COc1cc(C=C2C(=O)NN(c3cc(Cl)cc(Cl)c3)C2=O)ccc1OCC(C)C. The quantitative estimate of drug-likeness (QED) is 0.536. The molecule has 0 saturated carbocycles. The van der Waals surface area contributed by atoms with E-state index in [1.165, 1.54) is 13.2 Å². The zero-order valence-electron chi connectivity index (χ0n) is 16.2. The molecule has 1 aliphatic heterocycles. The summed E-state index contributed by atoms with van der Waals surface area (Å²) in [7, 11) is 1.53. The Kier molecular flexibility index (Phi) is 6.35. The highest BCUT2D eigenvalue weighted by Gasteiger charge is 2.34. The van der Waals surface area contributed by atoms with Gasteiger partial charge in [0.25, 0.3) is 11.8 Å². The van der Waals surface area contributed by atoms with E-state index >= 15 is 0 Å². The van der Waals surface area contributed by atoms with E-state index in [-0.39, 0.29) is 5.57 Å². The van der Waals surface area contributed by atoms with Crippen LogP contribution in [0.3, 0.4) is 0 Å². The summed E-state index contributed by atoms with van der Waals surface area (Å²) in [4.78, 5) is 25.2. The van der Waals surface area contributed by atoms with Crippen LogP contribution in [0, 0.1) is 5.92 Å². The van der Waals surface area contributed by atoms with Crippen LogP contribution in [0.2, 0.25) is 10.0 Å². The van der Waals surface area contributed by atoms with E-state index in [1.54, 1.807) is 36.4 Å². The molecule has 0 unspecified atom stereocenters. The monoisotopic (exact) mass is 434 g/mol. The lowest BCUT2D eigenvalue weighted by atomic mass is 10.1. The lowest BCUT2D eigenvalue weighted by Crippen LogP contribution is -2.35. The normalized spacial score (nSPS) is 15.2. The van der Waals surface area contributed by atoms with Gasteiger partial charge in [-0.05, 0) is 47.9 Å². The van der Waals surface area contributed by atoms with Crippen molar-refractivity contribution in [2.45, 2.75) is 13.8 Å². The number of hydrogen-bond donors (Lipinski definition) is 1. The predicted molar refractivity (Wildman–Crippen MR) is 113 cm³/mol. The number of benzene rings is 2. The fourth-order valence-electron chi connectivity index (χ4n) is 2.72. The van der Waals surface area contributed by atoms with Crippen molar-refractivity contribution in [1.29, 1.82) is 0 Å². The van der Waals surface area contributed by atoms with Crippen molar-refractivity contribution in [3.05, 3.63) is 57.6 Å². The Balaban J connectivity index is 1.88. The number of rotatable bonds is 6. The van der Waals surface area contributed by atoms with E-state index in [1.807, 2.05) is 0 Å². The van der Waals surface area contributed by atoms with Gasteiger partial charge >= 0.3 is 0 Å². The van der Waals surface area contributed by atoms with Crippen molar-refractivity contribution in [3.63, 3.8) is 0 Å². The number of anilines is 1. The molecule has 1 fully saturated rings. The predicted octanol–water partition coefficient (Wildman–Crippen LogP) is 4.50. The van der Waals surface area contributed by atoms with E-state index in [0.717, 1.165) is 5.01 Å². The number of hydrogen-bond acceptors (Lipinski definition) is 4. The van der Waals surface area contributed by atoms with Crippen LogP contribution in [0.15, 0.2) is 42.0 Å². The molecular weight excluding hydrogens is 415 g/mol. The van der Waals surface area contributed by atoms with Crippen molar-refractivity contribution in [2.75, 3.05) is 18.7 Å². The second-order valence-corrected chi connectivity index (χ2v) is 7.76. The molecule has 0 spiro atoms. The summed E-state index contributed by atoms with van der Waals surface area (Å²) < 4.78 is 11.1. The Morgan fingerprint density at radius 3 is 2.38 bits per heavy atom. The summed E-state index contributed by atoms with van der Waals surface area (Å²) in [5, 5.41) is 1.82. The number of methoxy groups -OCH3 is 1. The molecule has 1 aliphatic rings. The van der Waals surface area contributed by atoms with Gasteiger partial charge < -0.3 is 9.47 Å². The number of hydrazine groups is 1. The van der Waals surface area contributed by atoms with Crippen LogP contribution in [0.4, 0.5) is 5.69 Å². The Labute approximate surface area is 179 Å². The first-order chi connectivity index (χ1) is 13.8. The van der Waals surface area contributed by atoms with Crippen LogP contribution < -0.4 is 19.9 Å². The minimum Gasteiger partial charge on any atom is -0.493 e. The van der Waals surface area contributed by atoms with Crippen molar-refractivity contribution >= 4 is 46.8 Å². The number of halogens is 2. The molecule has 1 saturated heterocycles. The topological polar surface area (TPSA) is 67.9 Å². The molecular formula is C21H20Cl2N2O4. The van der Waals surface area contributed by atoms with Gasteiger partial charge in [0, 0.05) is 10.0 Å². The van der Waals surface area contributed by atoms with Crippen LogP contribution in [0.1, 0.15) is 19.4 Å². The zero-order valence-corrected chi connectivity index (χ0v) is 17.7. The first-order valence-electron chi connectivity index (χ1n) is 8.92. The number of carbonyl (C=O) groups is 2. The highest BCUT2D eigenvalue weighted by atomic mass is 35.5. The summed E-state index contributed by atoms with van der Waals surface area (Å²) >= 11 is 12.0. The molecule has 1 N–H and O–H groups in total. The molecule has 0 radical (unpaired) electrons. The minimum absolute atomic E-state index is 0.0148. The number of nitrogens with zero attached hydrogens (tertiary/aromatic N) is 1. The second kappa shape index (κ2) is 8.76. The Bertz CT molecular complexity index is 968. The van der Waals surface area contributed by atoms with Crippen LogP contribution in [-0.2, 0) is 9.59 Å². The van der Waals surface area contributed by atoms with E-state index in [9.17, 15) is 9.59 Å². The first kappa shape index (κ1) is 21.0. The van der Waals surface area contributed by atoms with Crippen molar-refractivity contribution in [1.82, 2.24) is 5.43 Å². The highest BCUT2D eigenvalue weighted by Crippen LogP contribution is 2.31. The molecule has 0 aromatic heterocycles. The largest absolute Gasteiger partial charge is 0.493 e. The Hall–Kier alpha value is -2.70. The maximum atomic E-state index is 12.8. The van der Waals surface area contributed by atoms with E-state index in [0.29, 0.717) is 45.3 Å². The summed E-state index contributed by atoms with van der Waals surface area (Å²) in [6.07, 6.45) is 1.50. The molecule has 29 heavy (non-hydrogen) atoms. The average molecular weight is 435 g/mol. The van der Waals surface area contributed by atoms with Gasteiger partial charge in [-0.3, -0.25) is 15.0 Å². The highest BCUT2D eigenvalue weighted by molar-refractivity contribution is 6.36. The lowest BCUT2D eigenvalue weighted by Gasteiger charge is -2.15. The maximum absolute atomic E-state index is 12.8. The molecule has 152 valence electrons. The number of carbonyl (C=O) groups excluding carboxylic acids is 2. The van der Waals surface area contributed by atoms with E-state index in [4.69, 9.17) is 32.7 Å². The summed E-state index contributed by atoms with van der Waals surface area (Å²) in [6, 6.07) is 9.84. The smallest absolute Gasteiger partial charge is 0.282 e. The third kappa shape index (κ3) is 4.83. The standard InChI is InChI=1S/C21H20Cl2N2O4/c1-12(2)11-29-18-5-4-13(7-19(18)28-3)6-17-20(26)24-25(21(17)27)16-9-14(22)8-15(23)10-16/h4-10,12H,11H2,1-3H3,(H,24,26). The molecule has 0 atom stereocenters. The van der Waals surface area contributed by atoms with Crippen LogP contribution in [0.25, 0.3) is 6.08 Å². The number of amides is 2. The Morgan fingerprint density at radius 1 is 1.07 bits per heavy atom. The Morgan fingerprint density at radius 2 is 1.76 bits per heavy atom. The first-order valence-corrected chi connectivity index (χ1v) is 9.68. The van der Waals surface area contributed by atoms with Crippen molar-refractivity contribution < 1.29 is 19.1 Å². The summed E-state index contributed by atoms with van der Waals surface area (Å²) in [6.45, 7) is 4.65. The van der Waals surface area contributed by atoms with Crippen molar-refractivity contribution in [2.24, 2.45) is 5.92 Å². The zero-order chi connectivity index (χ0) is 21.1. The average Bonchev–Trinajstić information content (AvgIpc) is 2.94. The van der Waals surface area contributed by atoms with Crippen molar-refractivity contribution in [3.8, 4) is 11.5 Å². The van der Waals surface area contributed by atoms with Gasteiger partial charge in [0.15, 0.2) is 11.5 Å².